The van der Waals surface area contributed by atoms with Crippen LogP contribution in [0.2, 0.25) is 0 Å². The average Bonchev–Trinajstić information content (AvgIpc) is 2.85. The van der Waals surface area contributed by atoms with Crippen molar-refractivity contribution in [2.45, 2.75) is 36.7 Å². The summed E-state index contributed by atoms with van der Waals surface area (Å²) in [5.41, 5.74) is 2.27. The molecule has 0 saturated heterocycles. The van der Waals surface area contributed by atoms with Gasteiger partial charge in [-0.15, -0.1) is 0 Å². The van der Waals surface area contributed by atoms with Gasteiger partial charge in [-0.05, 0) is 55.8 Å². The van der Waals surface area contributed by atoms with E-state index in [1.165, 1.54) is 48.2 Å². The molecule has 0 aliphatic carbocycles. The van der Waals surface area contributed by atoms with Crippen LogP contribution in [-0.2, 0) is 27.7 Å². The van der Waals surface area contributed by atoms with Crippen LogP contribution in [0.25, 0.3) is 11.0 Å². The molecule has 35 heavy (non-hydrogen) atoms. The third-order valence-corrected chi connectivity index (χ3v) is 7.37. The minimum absolute atomic E-state index is 0.0507. The van der Waals surface area contributed by atoms with Crippen LogP contribution in [0.3, 0.4) is 0 Å². The molecule has 9 heteroatoms. The highest BCUT2D eigenvalue weighted by Crippen LogP contribution is 2.23. The fourth-order valence-corrected chi connectivity index (χ4v) is 5.01. The van der Waals surface area contributed by atoms with Crippen molar-refractivity contribution in [1.82, 2.24) is 14.9 Å². The van der Waals surface area contributed by atoms with E-state index < -0.39 is 20.2 Å². The maximum absolute atomic E-state index is 13.4. The summed E-state index contributed by atoms with van der Waals surface area (Å²) >= 11 is 0. The summed E-state index contributed by atoms with van der Waals surface area (Å²) < 4.78 is 33.2. The van der Waals surface area contributed by atoms with Crippen molar-refractivity contribution in [3.05, 3.63) is 93.9 Å². The van der Waals surface area contributed by atoms with Gasteiger partial charge in [0.25, 0.3) is 0 Å². The molecule has 0 fully saturated rings. The molecule has 0 radical (unpaired) electrons. The first-order valence-corrected chi connectivity index (χ1v) is 12.4. The van der Waals surface area contributed by atoms with Crippen LogP contribution in [0.15, 0.2) is 81.4 Å². The molecule has 0 spiro atoms. The molecule has 4 rings (SSSR count). The van der Waals surface area contributed by atoms with E-state index in [9.17, 15) is 18.0 Å². The van der Waals surface area contributed by atoms with E-state index in [0.717, 1.165) is 11.1 Å². The number of amides is 1. The number of nitrogens with one attached hydrogen (secondary N) is 1. The van der Waals surface area contributed by atoms with Crippen molar-refractivity contribution in [2.75, 3.05) is 7.11 Å². The van der Waals surface area contributed by atoms with Crippen molar-refractivity contribution >= 4 is 26.8 Å². The third kappa shape index (κ3) is 5.09. The summed E-state index contributed by atoms with van der Waals surface area (Å²) in [4.78, 5) is 29.9. The molecule has 0 unspecified atom stereocenters. The molecule has 0 aliphatic heterocycles. The second kappa shape index (κ2) is 9.71. The molecule has 1 amide bonds. The van der Waals surface area contributed by atoms with Crippen molar-refractivity contribution < 1.29 is 17.9 Å². The SMILES string of the molecule is COc1ccc(S(=O)(=O)c2cn(CC(=O)NCc3ccc(C)cc3)c3nc(C)ccc3c2=O)cc1. The molecule has 2 heterocycles. The minimum Gasteiger partial charge on any atom is -0.497 e. The number of nitrogens with zero attached hydrogens (tertiary/aromatic N) is 2. The maximum Gasteiger partial charge on any atom is 0.240 e. The van der Waals surface area contributed by atoms with Gasteiger partial charge in [0.15, 0.2) is 0 Å². The van der Waals surface area contributed by atoms with Crippen LogP contribution in [-0.4, -0.2) is 31.0 Å². The second-order valence-corrected chi connectivity index (χ2v) is 10.1. The molecule has 180 valence electrons. The number of aryl methyl sites for hydroxylation is 2. The van der Waals surface area contributed by atoms with Gasteiger partial charge in [0, 0.05) is 18.4 Å². The number of carbonyl (C=O) groups excluding carboxylic acids is 1. The highest BCUT2D eigenvalue weighted by Gasteiger charge is 2.25. The molecule has 2 aromatic carbocycles. The van der Waals surface area contributed by atoms with E-state index in [4.69, 9.17) is 4.74 Å². The summed E-state index contributed by atoms with van der Waals surface area (Å²) in [6.07, 6.45) is 1.20. The number of fused-ring (bicyclic) bond motifs is 1. The number of carbonyl (C=O) groups is 1. The van der Waals surface area contributed by atoms with Crippen LogP contribution in [0.4, 0.5) is 0 Å². The molecule has 0 bridgehead atoms. The molecular weight excluding hydrogens is 466 g/mol. The summed E-state index contributed by atoms with van der Waals surface area (Å²) in [6, 6.07) is 16.7. The van der Waals surface area contributed by atoms with Gasteiger partial charge in [-0.25, -0.2) is 13.4 Å². The third-order valence-electron chi connectivity index (χ3n) is 5.61. The first-order valence-electron chi connectivity index (χ1n) is 10.9. The predicted molar refractivity (Wildman–Crippen MR) is 132 cm³/mol. The molecule has 1 N–H and O–H groups in total. The summed E-state index contributed by atoms with van der Waals surface area (Å²) in [7, 11) is -2.69. The lowest BCUT2D eigenvalue weighted by Crippen LogP contribution is -2.29. The van der Waals surface area contributed by atoms with E-state index in [-0.39, 0.29) is 28.4 Å². The van der Waals surface area contributed by atoms with Gasteiger partial charge in [-0.2, -0.15) is 0 Å². The Morgan fingerprint density at radius 2 is 1.69 bits per heavy atom. The molecule has 0 aliphatic rings. The normalized spacial score (nSPS) is 11.4. The van der Waals surface area contributed by atoms with Crippen LogP contribution < -0.4 is 15.5 Å². The van der Waals surface area contributed by atoms with Gasteiger partial charge >= 0.3 is 0 Å². The summed E-state index contributed by atoms with van der Waals surface area (Å²) in [5, 5.41) is 2.96. The molecule has 4 aromatic rings. The quantitative estimate of drug-likeness (QED) is 0.426. The van der Waals surface area contributed by atoms with Crippen molar-refractivity contribution in [1.29, 1.82) is 0 Å². The monoisotopic (exact) mass is 491 g/mol. The minimum atomic E-state index is -4.16. The summed E-state index contributed by atoms with van der Waals surface area (Å²) in [6.45, 7) is 3.86. The number of hydrogen-bond acceptors (Lipinski definition) is 6. The number of hydrogen-bond donors (Lipinski definition) is 1. The Labute approximate surface area is 203 Å². The standard InChI is InChI=1S/C26H25N3O5S/c1-17-4-7-19(8-5-17)14-27-24(30)16-29-15-23(25(31)22-13-6-18(2)28-26(22)29)35(32,33)21-11-9-20(34-3)10-12-21/h4-13,15H,14,16H2,1-3H3,(H,27,30). The average molecular weight is 492 g/mol. The highest BCUT2D eigenvalue weighted by molar-refractivity contribution is 7.91. The van der Waals surface area contributed by atoms with Crippen LogP contribution >= 0.6 is 0 Å². The van der Waals surface area contributed by atoms with Gasteiger partial charge in [-0.1, -0.05) is 29.8 Å². The molecule has 0 atom stereocenters. The van der Waals surface area contributed by atoms with E-state index >= 15 is 0 Å². The largest absolute Gasteiger partial charge is 0.497 e. The first-order chi connectivity index (χ1) is 16.7. The lowest BCUT2D eigenvalue weighted by Gasteiger charge is -2.14. The zero-order valence-electron chi connectivity index (χ0n) is 19.6. The molecule has 8 nitrogen and oxygen atoms in total. The lowest BCUT2D eigenvalue weighted by molar-refractivity contribution is -0.121. The fourth-order valence-electron chi connectivity index (χ4n) is 3.64. The van der Waals surface area contributed by atoms with Gasteiger partial charge in [0.2, 0.25) is 21.2 Å². The molecule has 2 aromatic heterocycles. The lowest BCUT2D eigenvalue weighted by atomic mass is 10.1. The number of methoxy groups -OCH3 is 1. The Morgan fingerprint density at radius 3 is 2.34 bits per heavy atom. The Bertz CT molecular complexity index is 1560. The Morgan fingerprint density at radius 1 is 1.00 bits per heavy atom. The fraction of sp³-hybridized carbons (Fsp3) is 0.192. The first kappa shape index (κ1) is 24.2. The number of aromatic nitrogens is 2. The Hall–Kier alpha value is -3.98. The van der Waals surface area contributed by atoms with Crippen molar-refractivity contribution in [3.63, 3.8) is 0 Å². The Balaban J connectivity index is 1.72. The van der Waals surface area contributed by atoms with Crippen molar-refractivity contribution in [3.8, 4) is 5.75 Å². The van der Waals surface area contributed by atoms with Gasteiger partial charge in [0.05, 0.1) is 17.4 Å². The Kier molecular flexibility index (Phi) is 6.70. The zero-order chi connectivity index (χ0) is 25.2. The molecule has 0 saturated carbocycles. The van der Waals surface area contributed by atoms with Gasteiger partial charge in [-0.3, -0.25) is 9.59 Å². The van der Waals surface area contributed by atoms with Gasteiger partial charge in [0.1, 0.15) is 22.8 Å². The van der Waals surface area contributed by atoms with Crippen molar-refractivity contribution in [2.24, 2.45) is 0 Å². The van der Waals surface area contributed by atoms with E-state index in [2.05, 4.69) is 10.3 Å². The predicted octanol–water partition coefficient (Wildman–Crippen LogP) is 3.17. The second-order valence-electron chi connectivity index (χ2n) is 8.22. The zero-order valence-corrected chi connectivity index (χ0v) is 20.4. The number of benzene rings is 2. The number of ether oxygens (including phenoxy) is 1. The smallest absolute Gasteiger partial charge is 0.240 e. The van der Waals surface area contributed by atoms with Crippen LogP contribution in [0, 0.1) is 13.8 Å². The number of pyridine rings is 2. The highest BCUT2D eigenvalue weighted by atomic mass is 32.2. The topological polar surface area (TPSA) is 107 Å². The number of sulfone groups is 1. The van der Waals surface area contributed by atoms with Crippen LogP contribution in [0.1, 0.15) is 16.8 Å². The van der Waals surface area contributed by atoms with E-state index in [1.807, 2.05) is 31.2 Å². The number of rotatable bonds is 7. The maximum atomic E-state index is 13.4. The van der Waals surface area contributed by atoms with Crippen LogP contribution in [0.5, 0.6) is 5.75 Å². The summed E-state index contributed by atoms with van der Waals surface area (Å²) in [5.74, 6) is 0.149. The molecular formula is C26H25N3O5S. The van der Waals surface area contributed by atoms with E-state index in [0.29, 0.717) is 18.0 Å². The van der Waals surface area contributed by atoms with E-state index in [1.54, 1.807) is 13.0 Å². The van der Waals surface area contributed by atoms with Gasteiger partial charge < -0.3 is 14.6 Å².